The fraction of sp³-hybridized carbons (Fsp3) is 0.612. The lowest BCUT2D eigenvalue weighted by Crippen LogP contribution is -2.61. The molecule has 0 aliphatic carbocycles. The van der Waals surface area contributed by atoms with Gasteiger partial charge in [0, 0.05) is 75.7 Å². The number of hydrogen-bond acceptors (Lipinski definition) is 26. The molecule has 38 heteroatoms. The van der Waals surface area contributed by atoms with Crippen LogP contribution in [0.25, 0.3) is 10.9 Å². The van der Waals surface area contributed by atoms with E-state index in [4.69, 9.17) is 35.3 Å². The third kappa shape index (κ3) is 22.8. The summed E-state index contributed by atoms with van der Waals surface area (Å²) in [4.78, 5) is 176. The molecule has 18 N–H and O–H groups in total. The minimum Gasteiger partial charge on any atom is -0.494 e. The smallest absolute Gasteiger partial charge is 0.409 e. The number of Topliss-reactive ketones (excluding diaryl/α,β-unsaturated/α-hetero) is 2. The number of unbranched alkanes of at least 4 members (excludes halogenated alkanes) is 3. The summed E-state index contributed by atoms with van der Waals surface area (Å²) in [6.07, 6.45) is -14.2. The molecule has 2 unspecified atom stereocenters. The van der Waals surface area contributed by atoms with Crippen LogP contribution in [0.4, 0.5) is 4.79 Å². The molecule has 0 spiro atoms. The van der Waals surface area contributed by atoms with Crippen molar-refractivity contribution < 1.29 is 126 Å². The highest BCUT2D eigenvalue weighted by atomic mass is 32.2. The van der Waals surface area contributed by atoms with Crippen LogP contribution in [-0.2, 0) is 90.8 Å². The van der Waals surface area contributed by atoms with Gasteiger partial charge in [0.05, 0.1) is 104 Å². The number of aliphatic hydroxyl groups excluding tert-OH is 6. The van der Waals surface area contributed by atoms with Gasteiger partial charge in [-0.05, 0) is 60.6 Å². The number of nitrogens with two attached hydrogens (primary N) is 2. The van der Waals surface area contributed by atoms with Crippen molar-refractivity contribution in [3.05, 3.63) is 53.1 Å². The van der Waals surface area contributed by atoms with E-state index in [1.807, 2.05) is 0 Å². The Labute approximate surface area is 605 Å². The SMILES string of the molecule is CC[C@H](C)[C@@H]1NC(=O)CNC(=O)[C@H]2CC(=O)[C@H]([C@@H](C)[C@@H](O)CO)NC(=O)[C@@H]3C[C@@H](O)CN3C(=O)[C@H](CC(N)=O)CC(=O)[C@H](CS(=O)c3[nH]c4cc(OCCCCCCN(C)C(=O)OCc5ccc(OC6O[C@H](C(=O)O)[C@@H](O)[C@H](O)[C@H]6O)c(C(=O)NCCOCCON)c5)ccc4c3C2)NC(=O)CNC1=O. The topological polar surface area (TPSA) is 565 Å². The van der Waals surface area contributed by atoms with E-state index in [0.29, 0.717) is 48.8 Å². The number of aliphatic carboxylic acids is 1. The number of benzene rings is 2. The first-order valence-corrected chi connectivity index (χ1v) is 35.8. The van der Waals surface area contributed by atoms with Crippen molar-refractivity contribution in [2.24, 2.45) is 35.3 Å². The lowest BCUT2D eigenvalue weighted by molar-refractivity contribution is -0.271. The predicted octanol–water partition coefficient (Wildman–Crippen LogP) is -4.33. The van der Waals surface area contributed by atoms with Gasteiger partial charge >= 0.3 is 12.1 Å². The van der Waals surface area contributed by atoms with Crippen LogP contribution < -0.4 is 53.0 Å². The summed E-state index contributed by atoms with van der Waals surface area (Å²) in [5.74, 6) is -11.6. The van der Waals surface area contributed by atoms with Crippen LogP contribution >= 0.6 is 0 Å². The van der Waals surface area contributed by atoms with E-state index in [0.717, 1.165) is 4.90 Å². The van der Waals surface area contributed by atoms with E-state index in [1.165, 1.54) is 37.1 Å². The van der Waals surface area contributed by atoms with Gasteiger partial charge < -0.3 is 117 Å². The van der Waals surface area contributed by atoms with Crippen molar-refractivity contribution in [1.82, 2.24) is 46.7 Å². The van der Waals surface area contributed by atoms with Crippen molar-refractivity contribution in [1.29, 1.82) is 0 Å². The van der Waals surface area contributed by atoms with Crippen LogP contribution in [0.15, 0.2) is 41.4 Å². The van der Waals surface area contributed by atoms with Crippen LogP contribution in [0.5, 0.6) is 11.5 Å². The second-order valence-electron chi connectivity index (χ2n) is 26.4. The first kappa shape index (κ1) is 83.4. The quantitative estimate of drug-likeness (QED) is 0.0253. The first-order chi connectivity index (χ1) is 49.9. The third-order valence-corrected chi connectivity index (χ3v) is 20.1. The lowest BCUT2D eigenvalue weighted by atomic mass is 9.85. The summed E-state index contributed by atoms with van der Waals surface area (Å²) in [5.41, 5.74) is 6.17. The Bertz CT molecular complexity index is 3640. The van der Waals surface area contributed by atoms with E-state index in [2.05, 4.69) is 41.7 Å². The molecule has 0 saturated carbocycles. The highest BCUT2D eigenvalue weighted by Gasteiger charge is 2.49. The molecular formula is C67H95N11O26S. The number of carboxylic acid groups (broad SMARTS) is 1. The maximum Gasteiger partial charge on any atom is 0.409 e. The average molecular weight is 1500 g/mol. The number of ketones is 2. The molecule has 9 amide bonds. The Morgan fingerprint density at radius 2 is 1.53 bits per heavy atom. The van der Waals surface area contributed by atoms with E-state index in [9.17, 15) is 93.3 Å². The van der Waals surface area contributed by atoms with E-state index >= 15 is 4.21 Å². The number of rotatable bonds is 27. The number of carbonyl (C=O) groups is 12. The maximum atomic E-state index is 15.2. The molecule has 105 heavy (non-hydrogen) atoms. The molecule has 37 nitrogen and oxygen atoms in total. The Morgan fingerprint density at radius 1 is 0.819 bits per heavy atom. The summed E-state index contributed by atoms with van der Waals surface area (Å²) >= 11 is 0. The largest absolute Gasteiger partial charge is 0.494 e. The van der Waals surface area contributed by atoms with Crippen LogP contribution in [0.2, 0.25) is 0 Å². The number of primary amides is 1. The second-order valence-corrected chi connectivity index (χ2v) is 27.8. The van der Waals surface area contributed by atoms with Gasteiger partial charge in [0.15, 0.2) is 17.7 Å². The predicted molar refractivity (Wildman–Crippen MR) is 364 cm³/mol. The van der Waals surface area contributed by atoms with Gasteiger partial charge in [-0.15, -0.1) is 0 Å². The average Bonchev–Trinajstić information content (AvgIpc) is 1.46. The molecule has 2 bridgehead atoms. The minimum absolute atomic E-state index is 0.0110. The fourth-order valence-corrected chi connectivity index (χ4v) is 13.9. The Hall–Kier alpha value is -8.83. The molecule has 2 fully saturated rings. The van der Waals surface area contributed by atoms with E-state index in [-0.39, 0.29) is 73.5 Å². The summed E-state index contributed by atoms with van der Waals surface area (Å²) in [5, 5.41) is 88.1. The number of aromatic nitrogens is 1. The van der Waals surface area contributed by atoms with Crippen molar-refractivity contribution in [2.45, 2.75) is 164 Å². The molecule has 16 atom stereocenters. The standard InChI is InChI=1S/C67H95N11O26S/c1-5-33(2)53-62(93)72-27-51(85)73-44-32-105(98)63-41(21-36(59(90)71-28-52(86)75-53)22-47(82)54(34(3)48(83)30-79)76-61(92)45-25-38(80)29-78(45)64(94)37(23-46(44)81)24-50(68)84)40-12-11-39(26-43(40)74-63)100-16-9-7-6-8-15-77(4)67(97)101-31-35-10-13-49(42(20-35)60(91)70-14-17-99-18-19-102-69)103-66-57(89)55(87)56(88)58(104-66)65(95)96/h10-13,20,26,33-34,36-38,44-45,48,53-58,66,74,79-80,83,87-89H,5-9,14-19,21-25,27-32,69H2,1-4H3,(H2,68,84)(H,70,91)(H,71,90)(H,72,93)(H,73,85)(H,75,86)(H,76,92)(H,95,96)/t33-,34-,36+,37-,38+,44-,45-,48-,53-,54-,55-,56-,57+,58-,66?,105?/m0/s1. The van der Waals surface area contributed by atoms with E-state index in [1.54, 1.807) is 32.0 Å². The molecule has 1 aromatic heterocycles. The number of carboxylic acids is 1. The van der Waals surface area contributed by atoms with Gasteiger partial charge in [0.25, 0.3) is 5.91 Å². The van der Waals surface area contributed by atoms with Crippen LogP contribution in [0, 0.1) is 23.7 Å². The van der Waals surface area contributed by atoms with Crippen LogP contribution in [0.3, 0.4) is 0 Å². The molecule has 0 radical (unpaired) electrons. The number of nitrogens with one attached hydrogen (secondary N) is 7. The number of nitrogens with zero attached hydrogens (tertiary/aromatic N) is 2. The van der Waals surface area contributed by atoms with Gasteiger partial charge in [0.2, 0.25) is 47.6 Å². The zero-order chi connectivity index (χ0) is 76.9. The molecule has 2 saturated heterocycles. The minimum atomic E-state index is -2.40. The number of hydrogen-bond donors (Lipinski definition) is 16. The highest BCUT2D eigenvalue weighted by Crippen LogP contribution is 2.34. The maximum absolute atomic E-state index is 15.2. The summed E-state index contributed by atoms with van der Waals surface area (Å²) < 4.78 is 43.2. The second kappa shape index (κ2) is 39.5. The molecule has 2 aromatic carbocycles. The van der Waals surface area contributed by atoms with Gasteiger partial charge in [-0.2, -0.15) is 0 Å². The normalized spacial score (nSPS) is 26.3. The number of ether oxygens (including phenoxy) is 5. The number of fused-ring (bicyclic) bond motifs is 5. The zero-order valence-electron chi connectivity index (χ0n) is 58.5. The molecule has 3 aromatic rings. The first-order valence-electron chi connectivity index (χ1n) is 34.4. The fourth-order valence-electron chi connectivity index (χ4n) is 12.4. The van der Waals surface area contributed by atoms with Crippen molar-refractivity contribution in [3.8, 4) is 11.5 Å². The monoisotopic (exact) mass is 1500 g/mol. The van der Waals surface area contributed by atoms with Crippen molar-refractivity contribution >= 4 is 92.6 Å². The number of amides is 9. The summed E-state index contributed by atoms with van der Waals surface area (Å²) in [6.45, 7) is 2.11. The van der Waals surface area contributed by atoms with Gasteiger partial charge in [-0.3, -0.25) is 52.2 Å². The van der Waals surface area contributed by atoms with Crippen LogP contribution in [0.1, 0.15) is 100 Å². The van der Waals surface area contributed by atoms with Crippen molar-refractivity contribution in [3.63, 3.8) is 0 Å². The lowest BCUT2D eigenvalue weighted by Gasteiger charge is -2.38. The number of aliphatic hydroxyl groups is 6. The Balaban J connectivity index is 1.09. The molecule has 4 aliphatic heterocycles. The summed E-state index contributed by atoms with van der Waals surface area (Å²) in [6, 6.07) is 2.45. The molecule has 4 aliphatic rings. The Morgan fingerprint density at radius 3 is 2.23 bits per heavy atom. The molecule has 7 rings (SSSR count). The zero-order valence-corrected chi connectivity index (χ0v) is 59.3. The van der Waals surface area contributed by atoms with Crippen LogP contribution in [-0.4, -0.2) is 271 Å². The number of carbonyl (C=O) groups excluding carboxylic acids is 11. The molecule has 5 heterocycles. The molecular weight excluding hydrogens is 1410 g/mol. The van der Waals surface area contributed by atoms with Gasteiger partial charge in [-0.25, -0.2) is 15.5 Å². The molecule has 580 valence electrons. The Kier molecular flexibility index (Phi) is 31.4. The summed E-state index contributed by atoms with van der Waals surface area (Å²) in [7, 11) is -0.887. The highest BCUT2D eigenvalue weighted by molar-refractivity contribution is 7.85. The van der Waals surface area contributed by atoms with Crippen molar-refractivity contribution in [2.75, 3.05) is 78.6 Å². The third-order valence-electron chi connectivity index (χ3n) is 18.7. The van der Waals surface area contributed by atoms with Gasteiger partial charge in [-0.1, -0.05) is 46.1 Å². The number of H-pyrrole nitrogens is 1. The number of aromatic amines is 1. The van der Waals surface area contributed by atoms with Gasteiger partial charge in [0.1, 0.15) is 53.5 Å². The van der Waals surface area contributed by atoms with E-state index < -0.39 is 237 Å².